The second-order valence-corrected chi connectivity index (χ2v) is 4.45. The molecule has 0 atom stereocenters. The molecule has 0 bridgehead atoms. The lowest BCUT2D eigenvalue weighted by atomic mass is 10.1. The Labute approximate surface area is 120 Å². The van der Waals surface area contributed by atoms with Crippen LogP contribution in [0.25, 0.3) is 11.3 Å². The number of hydrogen-bond donors (Lipinski definition) is 0. The molecule has 2 rings (SSSR count). The van der Waals surface area contributed by atoms with Gasteiger partial charge in [0.05, 0.1) is 12.3 Å². The number of halogens is 1. The van der Waals surface area contributed by atoms with Crippen molar-refractivity contribution in [1.29, 1.82) is 0 Å². The van der Waals surface area contributed by atoms with Gasteiger partial charge < -0.3 is 4.74 Å². The Morgan fingerprint density at radius 2 is 2.00 bits per heavy atom. The summed E-state index contributed by atoms with van der Waals surface area (Å²) in [6.45, 7) is 2.49. The summed E-state index contributed by atoms with van der Waals surface area (Å²) in [7, 11) is 1.48. The van der Waals surface area contributed by atoms with Gasteiger partial charge in [-0.25, -0.2) is 4.68 Å². The first-order chi connectivity index (χ1) is 9.52. The van der Waals surface area contributed by atoms with Gasteiger partial charge in [-0.15, -0.1) is 0 Å². The molecule has 0 aliphatic carbocycles. The number of carbonyl (C=O) groups is 1. The third kappa shape index (κ3) is 2.88. The second kappa shape index (κ2) is 5.88. The van der Waals surface area contributed by atoms with Crippen molar-refractivity contribution < 1.29 is 9.53 Å². The van der Waals surface area contributed by atoms with Crippen molar-refractivity contribution in [3.8, 4) is 17.0 Å². The first-order valence-electron chi connectivity index (χ1n) is 6.04. The van der Waals surface area contributed by atoms with E-state index in [1.54, 1.807) is 24.3 Å². The summed E-state index contributed by atoms with van der Waals surface area (Å²) in [5, 5.41) is 3.32. The van der Waals surface area contributed by atoms with Gasteiger partial charge in [0, 0.05) is 12.6 Å². The molecule has 6 heteroatoms. The summed E-state index contributed by atoms with van der Waals surface area (Å²) < 4.78 is 6.45. The molecule has 1 aromatic carbocycles. The average molecular weight is 293 g/mol. The fourth-order valence-electron chi connectivity index (χ4n) is 1.78. The summed E-state index contributed by atoms with van der Waals surface area (Å²) in [4.78, 5) is 23.0. The third-order valence-corrected chi connectivity index (χ3v) is 2.94. The summed E-state index contributed by atoms with van der Waals surface area (Å²) >= 11 is 5.41. The van der Waals surface area contributed by atoms with Gasteiger partial charge >= 0.3 is 0 Å². The van der Waals surface area contributed by atoms with Crippen molar-refractivity contribution >= 4 is 16.8 Å². The standard InChI is InChI=1S/C14H13ClN2O3/c1-3-20-10-6-4-9(5-7-10)12-8-11(13(15)18)14(19)17(2)16-12/h4-8H,3H2,1-2H3. The van der Waals surface area contributed by atoms with Crippen molar-refractivity contribution in [2.75, 3.05) is 6.61 Å². The van der Waals surface area contributed by atoms with Crippen molar-refractivity contribution in [2.45, 2.75) is 6.92 Å². The molecule has 5 nitrogen and oxygen atoms in total. The Morgan fingerprint density at radius 3 is 2.55 bits per heavy atom. The molecule has 104 valence electrons. The predicted molar refractivity (Wildman–Crippen MR) is 76.3 cm³/mol. The van der Waals surface area contributed by atoms with Crippen LogP contribution >= 0.6 is 11.6 Å². The van der Waals surface area contributed by atoms with Crippen LogP contribution in [-0.4, -0.2) is 21.6 Å². The lowest BCUT2D eigenvalue weighted by Crippen LogP contribution is -2.25. The maximum atomic E-state index is 11.7. The highest BCUT2D eigenvalue weighted by Gasteiger charge is 2.13. The number of carbonyl (C=O) groups excluding carboxylic acids is 1. The topological polar surface area (TPSA) is 61.2 Å². The maximum Gasteiger partial charge on any atom is 0.278 e. The molecule has 0 unspecified atom stereocenters. The minimum Gasteiger partial charge on any atom is -0.494 e. The lowest BCUT2D eigenvalue weighted by molar-refractivity contribution is 0.107. The number of ether oxygens (including phenoxy) is 1. The molecular formula is C14H13ClN2O3. The van der Waals surface area contributed by atoms with Crippen LogP contribution in [0.15, 0.2) is 35.1 Å². The number of benzene rings is 1. The zero-order chi connectivity index (χ0) is 14.7. The van der Waals surface area contributed by atoms with Gasteiger partial charge in [-0.05, 0) is 48.9 Å². The normalized spacial score (nSPS) is 10.3. The van der Waals surface area contributed by atoms with Crippen molar-refractivity contribution in [3.05, 3.63) is 46.2 Å². The average Bonchev–Trinajstić information content (AvgIpc) is 2.42. The Balaban J connectivity index is 2.47. The van der Waals surface area contributed by atoms with Gasteiger partial charge in [0.15, 0.2) is 0 Å². The number of hydrogen-bond acceptors (Lipinski definition) is 4. The fraction of sp³-hybridized carbons (Fsp3) is 0.214. The highest BCUT2D eigenvalue weighted by atomic mass is 35.5. The first kappa shape index (κ1) is 14.3. The first-order valence-corrected chi connectivity index (χ1v) is 6.42. The molecule has 0 saturated heterocycles. The monoisotopic (exact) mass is 292 g/mol. The third-order valence-electron chi connectivity index (χ3n) is 2.74. The highest BCUT2D eigenvalue weighted by Crippen LogP contribution is 2.20. The van der Waals surface area contributed by atoms with Crippen LogP contribution < -0.4 is 10.3 Å². The number of nitrogens with zero attached hydrogens (tertiary/aromatic N) is 2. The van der Waals surface area contributed by atoms with Crippen LogP contribution in [0.1, 0.15) is 17.3 Å². The van der Waals surface area contributed by atoms with E-state index in [2.05, 4.69) is 5.10 Å². The summed E-state index contributed by atoms with van der Waals surface area (Å²) in [5.74, 6) is 0.745. The molecule has 0 fully saturated rings. The van der Waals surface area contributed by atoms with E-state index >= 15 is 0 Å². The van der Waals surface area contributed by atoms with Crippen molar-refractivity contribution in [3.63, 3.8) is 0 Å². The van der Waals surface area contributed by atoms with E-state index in [4.69, 9.17) is 16.3 Å². The Kier molecular flexibility index (Phi) is 4.20. The Bertz CT molecular complexity index is 693. The van der Waals surface area contributed by atoms with Crippen LogP contribution in [-0.2, 0) is 7.05 Å². The number of rotatable bonds is 4. The van der Waals surface area contributed by atoms with Gasteiger partial charge in [-0.1, -0.05) is 0 Å². The number of aromatic nitrogens is 2. The van der Waals surface area contributed by atoms with E-state index < -0.39 is 10.8 Å². The lowest BCUT2D eigenvalue weighted by Gasteiger charge is -2.07. The van der Waals surface area contributed by atoms with Crippen molar-refractivity contribution in [1.82, 2.24) is 9.78 Å². The molecule has 20 heavy (non-hydrogen) atoms. The van der Waals surface area contributed by atoms with E-state index in [0.29, 0.717) is 12.3 Å². The van der Waals surface area contributed by atoms with Gasteiger partial charge in [-0.3, -0.25) is 9.59 Å². The Morgan fingerprint density at radius 1 is 1.35 bits per heavy atom. The zero-order valence-electron chi connectivity index (χ0n) is 11.1. The summed E-state index contributed by atoms with van der Waals surface area (Å²) in [5.41, 5.74) is 0.662. The van der Waals surface area contributed by atoms with Gasteiger partial charge in [-0.2, -0.15) is 5.10 Å². The molecule has 1 heterocycles. The minimum atomic E-state index is -0.791. The maximum absolute atomic E-state index is 11.7. The van der Waals surface area contributed by atoms with Crippen LogP contribution in [0.4, 0.5) is 0 Å². The second-order valence-electron chi connectivity index (χ2n) is 4.10. The van der Waals surface area contributed by atoms with Crippen LogP contribution in [0.5, 0.6) is 5.75 Å². The highest BCUT2D eigenvalue weighted by molar-refractivity contribution is 6.67. The SMILES string of the molecule is CCOc1ccc(-c2cc(C(=O)Cl)c(=O)n(C)n2)cc1. The molecule has 0 spiro atoms. The zero-order valence-corrected chi connectivity index (χ0v) is 11.8. The van der Waals surface area contributed by atoms with Crippen LogP contribution in [0.3, 0.4) is 0 Å². The summed E-state index contributed by atoms with van der Waals surface area (Å²) in [6, 6.07) is 8.61. The van der Waals surface area contributed by atoms with Crippen LogP contribution in [0, 0.1) is 0 Å². The van der Waals surface area contributed by atoms with Gasteiger partial charge in [0.2, 0.25) is 0 Å². The van der Waals surface area contributed by atoms with Gasteiger partial charge in [0.1, 0.15) is 11.3 Å². The van der Waals surface area contributed by atoms with Crippen LogP contribution in [0.2, 0.25) is 0 Å². The molecular weight excluding hydrogens is 280 g/mol. The smallest absolute Gasteiger partial charge is 0.278 e. The molecule has 2 aromatic rings. The molecule has 0 aliphatic rings. The largest absolute Gasteiger partial charge is 0.494 e. The van der Waals surface area contributed by atoms with E-state index in [-0.39, 0.29) is 5.56 Å². The van der Waals surface area contributed by atoms with E-state index in [9.17, 15) is 9.59 Å². The molecule has 0 aliphatic heterocycles. The fourth-order valence-corrected chi connectivity index (χ4v) is 1.91. The molecule has 0 N–H and O–H groups in total. The molecule has 1 aromatic heterocycles. The molecule has 0 saturated carbocycles. The quantitative estimate of drug-likeness (QED) is 0.811. The van der Waals surface area contributed by atoms with Gasteiger partial charge in [0.25, 0.3) is 10.8 Å². The minimum absolute atomic E-state index is 0.0898. The van der Waals surface area contributed by atoms with E-state index in [0.717, 1.165) is 16.0 Å². The van der Waals surface area contributed by atoms with Crippen molar-refractivity contribution in [2.24, 2.45) is 7.05 Å². The molecule has 0 radical (unpaired) electrons. The van der Waals surface area contributed by atoms with E-state index in [1.807, 2.05) is 6.92 Å². The van der Waals surface area contributed by atoms with E-state index in [1.165, 1.54) is 13.1 Å². The summed E-state index contributed by atoms with van der Waals surface area (Å²) in [6.07, 6.45) is 0. The predicted octanol–water partition coefficient (Wildman–Crippen LogP) is 2.22. The Hall–Kier alpha value is -2.14. The molecule has 0 amide bonds. The number of aryl methyl sites for hydroxylation is 1.